The Morgan fingerprint density at radius 2 is 2.00 bits per heavy atom. The molecule has 0 bridgehead atoms. The van der Waals surface area contributed by atoms with E-state index in [0.717, 1.165) is 17.0 Å². The summed E-state index contributed by atoms with van der Waals surface area (Å²) < 4.78 is 2.00. The average Bonchev–Trinajstić information content (AvgIpc) is 2.90. The zero-order valence-electron chi connectivity index (χ0n) is 11.5. The lowest BCUT2D eigenvalue weighted by atomic mass is 10.2. The molecule has 2 heterocycles. The monoisotopic (exact) mass is 299 g/mol. The molecule has 106 valence electrons. The van der Waals surface area contributed by atoms with E-state index in [4.69, 9.17) is 11.6 Å². The van der Waals surface area contributed by atoms with Crippen LogP contribution in [-0.4, -0.2) is 15.3 Å². The van der Waals surface area contributed by atoms with E-state index in [2.05, 4.69) is 10.3 Å². The maximum absolute atomic E-state index is 12.0. The van der Waals surface area contributed by atoms with E-state index in [9.17, 15) is 4.79 Å². The van der Waals surface area contributed by atoms with Gasteiger partial charge in [-0.25, -0.2) is 4.98 Å². The molecular weight excluding hydrogens is 286 g/mol. The minimum atomic E-state index is -0.138. The Balaban J connectivity index is 1.72. The number of nitrogens with zero attached hydrogens (tertiary/aromatic N) is 2. The first-order valence-corrected chi connectivity index (χ1v) is 6.98. The number of hydrogen-bond donors (Lipinski definition) is 1. The first-order chi connectivity index (χ1) is 10.1. The van der Waals surface area contributed by atoms with E-state index < -0.39 is 0 Å². The quantitative estimate of drug-likeness (QED) is 0.807. The summed E-state index contributed by atoms with van der Waals surface area (Å²) in [6.45, 7) is 2.41. The standard InChI is InChI=1S/C16H14ClN3O/c1-11-3-2-4-15-19-14(10-20(11)15)9-18-16(21)12-5-7-13(17)8-6-12/h2-8,10H,9H2,1H3,(H,18,21). The van der Waals surface area contributed by atoms with Gasteiger partial charge in [-0.3, -0.25) is 4.79 Å². The zero-order valence-corrected chi connectivity index (χ0v) is 12.3. The molecule has 0 saturated carbocycles. The fourth-order valence-corrected chi connectivity index (χ4v) is 2.28. The number of amides is 1. The predicted molar refractivity (Wildman–Crippen MR) is 82.6 cm³/mol. The smallest absolute Gasteiger partial charge is 0.251 e. The molecule has 0 unspecified atom stereocenters. The number of imidazole rings is 1. The number of halogens is 1. The van der Waals surface area contributed by atoms with Crippen LogP contribution in [0.5, 0.6) is 0 Å². The van der Waals surface area contributed by atoms with Crippen LogP contribution in [-0.2, 0) is 6.54 Å². The lowest BCUT2D eigenvalue weighted by Crippen LogP contribution is -2.22. The second kappa shape index (κ2) is 5.58. The second-order valence-electron chi connectivity index (χ2n) is 4.82. The number of carbonyl (C=O) groups excluding carboxylic acids is 1. The van der Waals surface area contributed by atoms with Gasteiger partial charge in [0.2, 0.25) is 0 Å². The van der Waals surface area contributed by atoms with Crippen molar-refractivity contribution in [1.82, 2.24) is 14.7 Å². The topological polar surface area (TPSA) is 46.4 Å². The fraction of sp³-hybridized carbons (Fsp3) is 0.125. The molecule has 1 aromatic carbocycles. The van der Waals surface area contributed by atoms with E-state index in [-0.39, 0.29) is 5.91 Å². The van der Waals surface area contributed by atoms with Crippen LogP contribution < -0.4 is 5.32 Å². The highest BCUT2D eigenvalue weighted by atomic mass is 35.5. The molecule has 0 fully saturated rings. The van der Waals surface area contributed by atoms with Gasteiger partial charge in [0.15, 0.2) is 0 Å². The summed E-state index contributed by atoms with van der Waals surface area (Å²) in [5.41, 5.74) is 3.40. The summed E-state index contributed by atoms with van der Waals surface area (Å²) in [5, 5.41) is 3.47. The molecule has 4 nitrogen and oxygen atoms in total. The molecule has 0 radical (unpaired) electrons. The second-order valence-corrected chi connectivity index (χ2v) is 5.25. The van der Waals surface area contributed by atoms with Crippen LogP contribution in [0.4, 0.5) is 0 Å². The van der Waals surface area contributed by atoms with Gasteiger partial charge in [0, 0.05) is 22.5 Å². The Hall–Kier alpha value is -2.33. The van der Waals surface area contributed by atoms with E-state index in [1.807, 2.05) is 35.7 Å². The largest absolute Gasteiger partial charge is 0.346 e. The van der Waals surface area contributed by atoms with E-state index in [1.165, 1.54) is 0 Å². The number of aryl methyl sites for hydroxylation is 1. The van der Waals surface area contributed by atoms with Crippen molar-refractivity contribution in [1.29, 1.82) is 0 Å². The van der Waals surface area contributed by atoms with Crippen LogP contribution in [0.15, 0.2) is 48.7 Å². The number of aromatic nitrogens is 2. The van der Waals surface area contributed by atoms with Gasteiger partial charge < -0.3 is 9.72 Å². The summed E-state index contributed by atoms with van der Waals surface area (Å²) in [6.07, 6.45) is 1.94. The first-order valence-electron chi connectivity index (χ1n) is 6.61. The van der Waals surface area contributed by atoms with Crippen LogP contribution >= 0.6 is 11.6 Å². The van der Waals surface area contributed by atoms with Crippen molar-refractivity contribution in [2.45, 2.75) is 13.5 Å². The van der Waals surface area contributed by atoms with E-state index in [0.29, 0.717) is 17.1 Å². The van der Waals surface area contributed by atoms with E-state index in [1.54, 1.807) is 24.3 Å². The van der Waals surface area contributed by atoms with Crippen molar-refractivity contribution in [3.8, 4) is 0 Å². The molecule has 0 aliphatic carbocycles. The number of rotatable bonds is 3. The van der Waals surface area contributed by atoms with Crippen LogP contribution in [0.25, 0.3) is 5.65 Å². The first kappa shape index (κ1) is 13.6. The minimum absolute atomic E-state index is 0.138. The number of nitrogens with one attached hydrogen (secondary N) is 1. The van der Waals surface area contributed by atoms with Crippen molar-refractivity contribution in [3.63, 3.8) is 0 Å². The van der Waals surface area contributed by atoms with Gasteiger partial charge in [-0.05, 0) is 43.3 Å². The molecule has 0 atom stereocenters. The highest BCUT2D eigenvalue weighted by Gasteiger charge is 2.07. The number of hydrogen-bond acceptors (Lipinski definition) is 2. The summed E-state index contributed by atoms with van der Waals surface area (Å²) in [6, 6.07) is 12.7. The molecule has 1 N–H and O–H groups in total. The van der Waals surface area contributed by atoms with Crippen LogP contribution in [0.3, 0.4) is 0 Å². The maximum Gasteiger partial charge on any atom is 0.251 e. The third-order valence-electron chi connectivity index (χ3n) is 3.28. The normalized spacial score (nSPS) is 10.8. The molecule has 3 rings (SSSR count). The van der Waals surface area contributed by atoms with Gasteiger partial charge in [0.05, 0.1) is 12.2 Å². The predicted octanol–water partition coefficient (Wildman–Crippen LogP) is 3.23. The Kier molecular flexibility index (Phi) is 3.62. The minimum Gasteiger partial charge on any atom is -0.346 e. The third kappa shape index (κ3) is 2.90. The summed E-state index contributed by atoms with van der Waals surface area (Å²) in [7, 11) is 0. The fourth-order valence-electron chi connectivity index (χ4n) is 2.16. The molecule has 1 amide bonds. The van der Waals surface area contributed by atoms with Crippen molar-refractivity contribution < 1.29 is 4.79 Å². The number of pyridine rings is 1. The Labute approximate surface area is 127 Å². The van der Waals surface area contributed by atoms with Gasteiger partial charge in [-0.15, -0.1) is 0 Å². The molecule has 0 aliphatic rings. The third-order valence-corrected chi connectivity index (χ3v) is 3.53. The molecule has 3 aromatic rings. The molecule has 21 heavy (non-hydrogen) atoms. The van der Waals surface area contributed by atoms with Crippen LogP contribution in [0.2, 0.25) is 5.02 Å². The Morgan fingerprint density at radius 3 is 2.71 bits per heavy atom. The van der Waals surface area contributed by atoms with Gasteiger partial charge in [0.25, 0.3) is 5.91 Å². The lowest BCUT2D eigenvalue weighted by molar-refractivity contribution is 0.0950. The zero-order chi connectivity index (χ0) is 14.8. The molecule has 5 heteroatoms. The molecular formula is C16H14ClN3O. The lowest BCUT2D eigenvalue weighted by Gasteiger charge is -2.03. The van der Waals surface area contributed by atoms with Crippen LogP contribution in [0, 0.1) is 6.92 Å². The molecule has 2 aromatic heterocycles. The maximum atomic E-state index is 12.0. The molecule has 0 aliphatic heterocycles. The van der Waals surface area contributed by atoms with E-state index >= 15 is 0 Å². The van der Waals surface area contributed by atoms with Crippen molar-refractivity contribution >= 4 is 23.2 Å². The van der Waals surface area contributed by atoms with Gasteiger partial charge in [-0.1, -0.05) is 17.7 Å². The van der Waals surface area contributed by atoms with Crippen LogP contribution in [0.1, 0.15) is 21.7 Å². The Morgan fingerprint density at radius 1 is 1.24 bits per heavy atom. The highest BCUT2D eigenvalue weighted by molar-refractivity contribution is 6.30. The number of carbonyl (C=O) groups is 1. The molecule has 0 saturated heterocycles. The van der Waals surface area contributed by atoms with Gasteiger partial charge in [0.1, 0.15) is 5.65 Å². The van der Waals surface area contributed by atoms with Crippen molar-refractivity contribution in [2.24, 2.45) is 0 Å². The van der Waals surface area contributed by atoms with Crippen molar-refractivity contribution in [2.75, 3.05) is 0 Å². The SMILES string of the molecule is Cc1cccc2nc(CNC(=O)c3ccc(Cl)cc3)cn12. The molecule has 0 spiro atoms. The number of benzene rings is 1. The summed E-state index contributed by atoms with van der Waals surface area (Å²) >= 11 is 5.80. The summed E-state index contributed by atoms with van der Waals surface area (Å²) in [4.78, 5) is 16.5. The van der Waals surface area contributed by atoms with Crippen molar-refractivity contribution in [3.05, 3.63) is 70.6 Å². The average molecular weight is 300 g/mol. The Bertz CT molecular complexity index is 793. The van der Waals surface area contributed by atoms with Gasteiger partial charge in [-0.2, -0.15) is 0 Å². The highest BCUT2D eigenvalue weighted by Crippen LogP contribution is 2.10. The summed E-state index contributed by atoms with van der Waals surface area (Å²) in [5.74, 6) is -0.138. The number of fused-ring (bicyclic) bond motifs is 1. The van der Waals surface area contributed by atoms with Gasteiger partial charge >= 0.3 is 0 Å².